The minimum absolute atomic E-state index is 0.0641. The molecule has 0 bridgehead atoms. The number of hydrogen-bond donors (Lipinski definition) is 1. The number of benzene rings is 2. The molecule has 0 spiro atoms. The zero-order valence-corrected chi connectivity index (χ0v) is 18.3. The quantitative estimate of drug-likeness (QED) is 0.819. The number of aryl methyl sites for hydroxylation is 3. The van der Waals surface area contributed by atoms with E-state index in [1.165, 1.54) is 11.1 Å². The largest absolute Gasteiger partial charge is 0.454 e. The second-order valence-electron chi connectivity index (χ2n) is 8.44. The molecular weight excluding hydrogens is 378 g/mol. The number of carbonyl (C=O) groups excluding carboxylic acids is 1. The summed E-state index contributed by atoms with van der Waals surface area (Å²) in [6, 6.07) is 10.2. The summed E-state index contributed by atoms with van der Waals surface area (Å²) in [5.74, 6) is 1.72. The summed E-state index contributed by atoms with van der Waals surface area (Å²) in [4.78, 5) is 17.6. The van der Waals surface area contributed by atoms with Crippen molar-refractivity contribution in [2.45, 2.75) is 40.3 Å². The standard InChI is InChI=1S/C24H31N3O3/c1-16-11-17(2)23(18(3)12-16)25-24(28)19(4)27-9-7-26(8-10-27)14-20-5-6-21-22(13-20)30-15-29-21/h5-6,11-13,19H,7-10,14-15H2,1-4H3,(H,25,28)/t19-/m1/s1. The second kappa shape index (κ2) is 8.66. The highest BCUT2D eigenvalue weighted by molar-refractivity contribution is 5.96. The molecule has 1 N–H and O–H groups in total. The van der Waals surface area contributed by atoms with Gasteiger partial charge in [-0.05, 0) is 56.5 Å². The fourth-order valence-electron chi connectivity index (χ4n) is 4.38. The first kappa shape index (κ1) is 20.7. The Kier molecular flexibility index (Phi) is 5.97. The van der Waals surface area contributed by atoms with E-state index in [1.807, 2.05) is 13.0 Å². The maximum atomic E-state index is 12.9. The maximum Gasteiger partial charge on any atom is 0.241 e. The number of rotatable bonds is 5. The normalized spacial score (nSPS) is 17.7. The lowest BCUT2D eigenvalue weighted by Gasteiger charge is -2.37. The SMILES string of the molecule is Cc1cc(C)c(NC(=O)[C@@H](C)N2CCN(Cc3ccc4c(c3)OCO4)CC2)c(C)c1. The summed E-state index contributed by atoms with van der Waals surface area (Å²) >= 11 is 0. The Labute approximate surface area is 178 Å². The minimum atomic E-state index is -0.155. The van der Waals surface area contributed by atoms with Crippen molar-refractivity contribution in [3.8, 4) is 11.5 Å². The Balaban J connectivity index is 1.31. The first-order valence-corrected chi connectivity index (χ1v) is 10.6. The Hall–Kier alpha value is -2.57. The van der Waals surface area contributed by atoms with Gasteiger partial charge in [0.05, 0.1) is 6.04 Å². The predicted octanol–water partition coefficient (Wildman–Crippen LogP) is 3.49. The number of nitrogens with zero attached hydrogens (tertiary/aromatic N) is 2. The van der Waals surface area contributed by atoms with Crippen LogP contribution in [0, 0.1) is 20.8 Å². The maximum absolute atomic E-state index is 12.9. The molecule has 6 nitrogen and oxygen atoms in total. The van der Waals surface area contributed by atoms with Gasteiger partial charge in [-0.15, -0.1) is 0 Å². The average molecular weight is 410 g/mol. The molecule has 1 saturated heterocycles. The molecule has 2 heterocycles. The molecule has 2 aromatic carbocycles. The van der Waals surface area contributed by atoms with Gasteiger partial charge in [-0.25, -0.2) is 0 Å². The molecule has 0 aliphatic carbocycles. The number of carbonyl (C=O) groups is 1. The number of nitrogens with one attached hydrogen (secondary N) is 1. The van der Waals surface area contributed by atoms with Crippen LogP contribution in [0.3, 0.4) is 0 Å². The Morgan fingerprint density at radius 2 is 1.67 bits per heavy atom. The molecule has 1 fully saturated rings. The van der Waals surface area contributed by atoms with E-state index >= 15 is 0 Å². The van der Waals surface area contributed by atoms with E-state index in [0.717, 1.165) is 61.0 Å². The topological polar surface area (TPSA) is 54.0 Å². The van der Waals surface area contributed by atoms with Crippen molar-refractivity contribution in [2.75, 3.05) is 38.3 Å². The van der Waals surface area contributed by atoms with Crippen molar-refractivity contribution >= 4 is 11.6 Å². The van der Waals surface area contributed by atoms with Crippen LogP contribution in [0.4, 0.5) is 5.69 Å². The smallest absolute Gasteiger partial charge is 0.241 e. The molecule has 0 unspecified atom stereocenters. The summed E-state index contributed by atoms with van der Waals surface area (Å²) in [6.07, 6.45) is 0. The summed E-state index contributed by atoms with van der Waals surface area (Å²) < 4.78 is 10.9. The number of piperazine rings is 1. The number of hydrogen-bond acceptors (Lipinski definition) is 5. The molecule has 0 aromatic heterocycles. The van der Waals surface area contributed by atoms with Gasteiger partial charge in [0.1, 0.15) is 0 Å². The highest BCUT2D eigenvalue weighted by Crippen LogP contribution is 2.33. The monoisotopic (exact) mass is 409 g/mol. The van der Waals surface area contributed by atoms with Gasteiger partial charge in [0.15, 0.2) is 11.5 Å². The Morgan fingerprint density at radius 3 is 2.37 bits per heavy atom. The van der Waals surface area contributed by atoms with Crippen molar-refractivity contribution in [1.29, 1.82) is 0 Å². The van der Waals surface area contributed by atoms with Crippen LogP contribution in [0.1, 0.15) is 29.2 Å². The Morgan fingerprint density at radius 1 is 1.00 bits per heavy atom. The van der Waals surface area contributed by atoms with Gasteiger partial charge in [-0.1, -0.05) is 23.8 Å². The lowest BCUT2D eigenvalue weighted by Crippen LogP contribution is -2.52. The van der Waals surface area contributed by atoms with E-state index in [2.05, 4.69) is 60.2 Å². The van der Waals surface area contributed by atoms with E-state index in [9.17, 15) is 4.79 Å². The number of amides is 1. The van der Waals surface area contributed by atoms with Gasteiger partial charge >= 0.3 is 0 Å². The van der Waals surface area contributed by atoms with E-state index in [-0.39, 0.29) is 11.9 Å². The van der Waals surface area contributed by atoms with Crippen LogP contribution in [0.25, 0.3) is 0 Å². The van der Waals surface area contributed by atoms with Gasteiger partial charge in [-0.2, -0.15) is 0 Å². The summed E-state index contributed by atoms with van der Waals surface area (Å²) in [5, 5.41) is 3.16. The van der Waals surface area contributed by atoms with Gasteiger partial charge < -0.3 is 14.8 Å². The van der Waals surface area contributed by atoms with Crippen LogP contribution < -0.4 is 14.8 Å². The average Bonchev–Trinajstić information content (AvgIpc) is 3.18. The summed E-state index contributed by atoms with van der Waals surface area (Å²) in [7, 11) is 0. The molecule has 2 aliphatic heterocycles. The third-order valence-corrected chi connectivity index (χ3v) is 6.10. The molecular formula is C24H31N3O3. The van der Waals surface area contributed by atoms with Crippen molar-refractivity contribution in [3.05, 3.63) is 52.6 Å². The molecule has 0 radical (unpaired) electrons. The number of fused-ring (bicyclic) bond motifs is 1. The third-order valence-electron chi connectivity index (χ3n) is 6.10. The molecule has 160 valence electrons. The van der Waals surface area contributed by atoms with Gasteiger partial charge in [0.25, 0.3) is 0 Å². The predicted molar refractivity (Wildman–Crippen MR) is 118 cm³/mol. The second-order valence-corrected chi connectivity index (χ2v) is 8.44. The van der Waals surface area contributed by atoms with Crippen LogP contribution in [-0.4, -0.2) is 54.7 Å². The molecule has 2 aromatic rings. The van der Waals surface area contributed by atoms with Crippen molar-refractivity contribution in [3.63, 3.8) is 0 Å². The fraction of sp³-hybridized carbons (Fsp3) is 0.458. The molecule has 30 heavy (non-hydrogen) atoms. The van der Waals surface area contributed by atoms with E-state index in [0.29, 0.717) is 6.79 Å². The van der Waals surface area contributed by atoms with Gasteiger partial charge in [-0.3, -0.25) is 14.6 Å². The lowest BCUT2D eigenvalue weighted by molar-refractivity contribution is -0.121. The third kappa shape index (κ3) is 4.45. The molecule has 1 amide bonds. The van der Waals surface area contributed by atoms with Crippen molar-refractivity contribution < 1.29 is 14.3 Å². The minimum Gasteiger partial charge on any atom is -0.454 e. The fourth-order valence-corrected chi connectivity index (χ4v) is 4.38. The Bertz CT molecular complexity index is 912. The van der Waals surface area contributed by atoms with Crippen LogP contribution >= 0.6 is 0 Å². The van der Waals surface area contributed by atoms with Gasteiger partial charge in [0, 0.05) is 38.4 Å². The van der Waals surface area contributed by atoms with E-state index in [1.54, 1.807) is 0 Å². The van der Waals surface area contributed by atoms with Crippen LogP contribution in [-0.2, 0) is 11.3 Å². The van der Waals surface area contributed by atoms with E-state index in [4.69, 9.17) is 9.47 Å². The van der Waals surface area contributed by atoms with Crippen molar-refractivity contribution in [2.24, 2.45) is 0 Å². The molecule has 6 heteroatoms. The molecule has 1 atom stereocenters. The van der Waals surface area contributed by atoms with Gasteiger partial charge in [0.2, 0.25) is 12.7 Å². The first-order chi connectivity index (χ1) is 14.4. The number of ether oxygens (including phenoxy) is 2. The van der Waals surface area contributed by atoms with E-state index < -0.39 is 0 Å². The summed E-state index contributed by atoms with van der Waals surface area (Å²) in [6.45, 7) is 13.0. The molecule has 4 rings (SSSR count). The van der Waals surface area contributed by atoms with Crippen molar-refractivity contribution in [1.82, 2.24) is 9.80 Å². The van der Waals surface area contributed by atoms with Crippen LogP contribution in [0.5, 0.6) is 11.5 Å². The van der Waals surface area contributed by atoms with Crippen LogP contribution in [0.15, 0.2) is 30.3 Å². The molecule has 0 saturated carbocycles. The highest BCUT2D eigenvalue weighted by Gasteiger charge is 2.26. The summed E-state index contributed by atoms with van der Waals surface area (Å²) in [5.41, 5.74) is 5.61. The molecule has 2 aliphatic rings. The number of anilines is 1. The lowest BCUT2D eigenvalue weighted by atomic mass is 10.0. The highest BCUT2D eigenvalue weighted by atomic mass is 16.7. The van der Waals surface area contributed by atoms with Crippen LogP contribution in [0.2, 0.25) is 0 Å². The zero-order valence-electron chi connectivity index (χ0n) is 18.3. The first-order valence-electron chi connectivity index (χ1n) is 10.6. The zero-order chi connectivity index (χ0) is 21.3.